The Bertz CT molecular complexity index is 880. The Morgan fingerprint density at radius 3 is 2.48 bits per heavy atom. The Hall–Kier alpha value is -2.90. The van der Waals surface area contributed by atoms with Gasteiger partial charge in [0.1, 0.15) is 0 Å². The van der Waals surface area contributed by atoms with Gasteiger partial charge in [0.05, 0.1) is 23.3 Å². The van der Waals surface area contributed by atoms with Gasteiger partial charge < -0.3 is 26.8 Å². The van der Waals surface area contributed by atoms with Gasteiger partial charge in [0.15, 0.2) is 11.6 Å². The fourth-order valence-electron chi connectivity index (χ4n) is 3.34. The molecular formula is C20H24N4O3. The van der Waals surface area contributed by atoms with Crippen molar-refractivity contribution in [1.29, 1.82) is 0 Å². The zero-order valence-corrected chi connectivity index (χ0v) is 15.3. The molecule has 3 rings (SSSR count). The van der Waals surface area contributed by atoms with Gasteiger partial charge in [0.25, 0.3) is 0 Å². The van der Waals surface area contributed by atoms with Gasteiger partial charge in [0.2, 0.25) is 0 Å². The number of hydrogen-bond donors (Lipinski definition) is 5. The molecule has 0 spiro atoms. The summed E-state index contributed by atoms with van der Waals surface area (Å²) in [7, 11) is 1.71. The predicted octanol–water partition coefficient (Wildman–Crippen LogP) is 1.47. The number of ketones is 2. The normalized spacial score (nSPS) is 12.5. The van der Waals surface area contributed by atoms with Crippen LogP contribution in [0.25, 0.3) is 0 Å². The van der Waals surface area contributed by atoms with Gasteiger partial charge in [-0.15, -0.1) is 0 Å². The second-order valence-electron chi connectivity index (χ2n) is 6.34. The maximum absolute atomic E-state index is 13.3. The van der Waals surface area contributed by atoms with Crippen LogP contribution >= 0.6 is 0 Å². The number of benzene rings is 2. The summed E-state index contributed by atoms with van der Waals surface area (Å²) in [6.45, 7) is 2.04. The van der Waals surface area contributed by atoms with Crippen molar-refractivity contribution in [1.82, 2.24) is 5.32 Å². The number of hydrogen-bond acceptors (Lipinski definition) is 7. The molecule has 27 heavy (non-hydrogen) atoms. The first-order valence-electron chi connectivity index (χ1n) is 8.98. The third kappa shape index (κ3) is 3.51. The minimum absolute atomic E-state index is 0.104. The summed E-state index contributed by atoms with van der Waals surface area (Å²) in [6, 6.07) is 8.59. The zero-order chi connectivity index (χ0) is 19.4. The van der Waals surface area contributed by atoms with E-state index in [1.54, 1.807) is 31.3 Å². The molecule has 0 amide bonds. The van der Waals surface area contributed by atoms with Crippen molar-refractivity contribution in [2.45, 2.75) is 6.42 Å². The second-order valence-corrected chi connectivity index (χ2v) is 6.34. The Morgan fingerprint density at radius 2 is 1.74 bits per heavy atom. The number of nitrogens with two attached hydrogens (primary N) is 1. The minimum Gasteiger partial charge on any atom is -0.398 e. The number of fused-ring (bicyclic) bond motifs is 2. The van der Waals surface area contributed by atoms with Crippen molar-refractivity contribution in [3.8, 4) is 0 Å². The van der Waals surface area contributed by atoms with Gasteiger partial charge in [-0.1, -0.05) is 12.1 Å². The summed E-state index contributed by atoms with van der Waals surface area (Å²) < 4.78 is 0. The highest BCUT2D eigenvalue weighted by Crippen LogP contribution is 2.37. The minimum atomic E-state index is -0.234. The first kappa shape index (κ1) is 18.9. The lowest BCUT2D eigenvalue weighted by atomic mass is 9.81. The average molecular weight is 368 g/mol. The maximum Gasteiger partial charge on any atom is 0.198 e. The Kier molecular flexibility index (Phi) is 5.73. The van der Waals surface area contributed by atoms with E-state index in [0.29, 0.717) is 46.8 Å². The number of carbonyl (C=O) groups is 2. The number of nitrogen functional groups attached to an aromatic ring is 1. The molecule has 1 aliphatic carbocycles. The molecule has 2 aromatic rings. The lowest BCUT2D eigenvalue weighted by Crippen LogP contribution is -2.25. The van der Waals surface area contributed by atoms with Crippen LogP contribution < -0.4 is 21.7 Å². The summed E-state index contributed by atoms with van der Waals surface area (Å²) in [5.41, 5.74) is 8.90. The first-order valence-corrected chi connectivity index (χ1v) is 8.98. The molecule has 0 saturated heterocycles. The van der Waals surface area contributed by atoms with E-state index in [-0.39, 0.29) is 23.7 Å². The molecule has 0 heterocycles. The topological polar surface area (TPSA) is 116 Å². The number of nitrogens with one attached hydrogen (secondary N) is 3. The van der Waals surface area contributed by atoms with Crippen LogP contribution in [0.3, 0.4) is 0 Å². The van der Waals surface area contributed by atoms with Crippen molar-refractivity contribution in [3.63, 3.8) is 0 Å². The van der Waals surface area contributed by atoms with E-state index in [1.165, 1.54) is 0 Å². The van der Waals surface area contributed by atoms with Crippen LogP contribution in [0.15, 0.2) is 30.3 Å². The number of aliphatic hydroxyl groups is 1. The summed E-state index contributed by atoms with van der Waals surface area (Å²) in [5.74, 6) is -0.444. The Morgan fingerprint density at radius 1 is 0.926 bits per heavy atom. The molecule has 0 saturated carbocycles. The van der Waals surface area contributed by atoms with Gasteiger partial charge in [-0.3, -0.25) is 9.59 Å². The third-order valence-corrected chi connectivity index (χ3v) is 4.63. The van der Waals surface area contributed by atoms with Crippen LogP contribution in [0, 0.1) is 0 Å². The summed E-state index contributed by atoms with van der Waals surface area (Å²) >= 11 is 0. The van der Waals surface area contributed by atoms with Crippen molar-refractivity contribution in [3.05, 3.63) is 52.6 Å². The second kappa shape index (κ2) is 8.20. The largest absolute Gasteiger partial charge is 0.398 e. The smallest absolute Gasteiger partial charge is 0.198 e. The summed E-state index contributed by atoms with van der Waals surface area (Å²) in [4.78, 5) is 26.3. The van der Waals surface area contributed by atoms with E-state index in [4.69, 9.17) is 10.8 Å². The molecule has 7 nitrogen and oxygen atoms in total. The zero-order valence-electron chi connectivity index (χ0n) is 15.3. The molecule has 0 bridgehead atoms. The van der Waals surface area contributed by atoms with Crippen LogP contribution in [-0.2, 0) is 0 Å². The van der Waals surface area contributed by atoms with Crippen molar-refractivity contribution in [2.75, 3.05) is 49.7 Å². The van der Waals surface area contributed by atoms with Crippen LogP contribution in [0.1, 0.15) is 38.3 Å². The number of carbonyl (C=O) groups excluding carboxylic acids is 2. The fourth-order valence-corrected chi connectivity index (χ4v) is 3.34. The van der Waals surface area contributed by atoms with Gasteiger partial charge in [0, 0.05) is 42.8 Å². The van der Waals surface area contributed by atoms with Crippen molar-refractivity contribution < 1.29 is 14.7 Å². The molecule has 0 aliphatic heterocycles. The van der Waals surface area contributed by atoms with E-state index >= 15 is 0 Å². The molecular weight excluding hydrogens is 344 g/mol. The highest BCUT2D eigenvalue weighted by atomic mass is 16.3. The molecule has 7 heteroatoms. The summed E-state index contributed by atoms with van der Waals surface area (Å²) in [6.07, 6.45) is 0.817. The van der Waals surface area contributed by atoms with E-state index in [1.807, 2.05) is 6.07 Å². The molecule has 0 aromatic heterocycles. The van der Waals surface area contributed by atoms with Crippen LogP contribution in [0.2, 0.25) is 0 Å². The van der Waals surface area contributed by atoms with Gasteiger partial charge in [-0.25, -0.2) is 0 Å². The standard InChI is InChI=1S/C20H24N4O3/c1-22-14-7-6-13(21)17-18(14)20(27)16-12(19(17)26)4-2-5-15(16)24-9-3-8-23-10-11-25/h2,4-7,22-25H,3,8-11,21H2,1H3. The van der Waals surface area contributed by atoms with Crippen LogP contribution in [0.4, 0.5) is 17.1 Å². The molecule has 1 aliphatic rings. The average Bonchev–Trinajstić information content (AvgIpc) is 2.68. The third-order valence-electron chi connectivity index (χ3n) is 4.63. The van der Waals surface area contributed by atoms with E-state index in [0.717, 1.165) is 13.0 Å². The monoisotopic (exact) mass is 368 g/mol. The fraction of sp³-hybridized carbons (Fsp3) is 0.300. The van der Waals surface area contributed by atoms with E-state index in [2.05, 4.69) is 16.0 Å². The highest BCUT2D eigenvalue weighted by Gasteiger charge is 2.34. The lowest BCUT2D eigenvalue weighted by Gasteiger charge is -2.23. The SMILES string of the molecule is CNc1ccc(N)c2c1C(=O)c1c(NCCCNCCO)cccc1C2=O. The number of aliphatic hydroxyl groups excluding tert-OH is 1. The van der Waals surface area contributed by atoms with Gasteiger partial charge in [-0.2, -0.15) is 0 Å². The molecule has 2 aromatic carbocycles. The molecule has 6 N–H and O–H groups in total. The Labute approximate surface area is 158 Å². The molecule has 0 radical (unpaired) electrons. The lowest BCUT2D eigenvalue weighted by molar-refractivity contribution is 0.0981. The van der Waals surface area contributed by atoms with Crippen molar-refractivity contribution >= 4 is 28.6 Å². The van der Waals surface area contributed by atoms with E-state index < -0.39 is 0 Å². The molecule has 0 unspecified atom stereocenters. The highest BCUT2D eigenvalue weighted by molar-refractivity contribution is 6.33. The first-order chi connectivity index (χ1) is 13.1. The van der Waals surface area contributed by atoms with Crippen LogP contribution in [-0.4, -0.2) is 50.0 Å². The number of rotatable bonds is 8. The van der Waals surface area contributed by atoms with E-state index in [9.17, 15) is 9.59 Å². The summed E-state index contributed by atoms with van der Waals surface area (Å²) in [5, 5.41) is 18.1. The van der Waals surface area contributed by atoms with Crippen molar-refractivity contribution in [2.24, 2.45) is 0 Å². The predicted molar refractivity (Wildman–Crippen MR) is 107 cm³/mol. The number of anilines is 3. The van der Waals surface area contributed by atoms with Gasteiger partial charge in [-0.05, 0) is 31.2 Å². The van der Waals surface area contributed by atoms with Gasteiger partial charge >= 0.3 is 0 Å². The molecule has 0 atom stereocenters. The molecule has 0 fully saturated rings. The molecule has 142 valence electrons. The van der Waals surface area contributed by atoms with Crippen LogP contribution in [0.5, 0.6) is 0 Å². The quantitative estimate of drug-likeness (QED) is 0.302. The maximum atomic E-state index is 13.3. The Balaban J connectivity index is 1.91.